The second-order valence-electron chi connectivity index (χ2n) is 6.72. The Labute approximate surface area is 167 Å². The summed E-state index contributed by atoms with van der Waals surface area (Å²) in [5.41, 5.74) is 5.62. The molecule has 3 aromatic carbocycles. The van der Waals surface area contributed by atoms with Crippen LogP contribution in [0.25, 0.3) is 5.57 Å². The van der Waals surface area contributed by atoms with Crippen molar-refractivity contribution in [2.45, 2.75) is 19.4 Å². The van der Waals surface area contributed by atoms with Gasteiger partial charge < -0.3 is 9.47 Å². The SMILES string of the molecule is C=C(CCc1ccc(OCc2cccc(C(=C)c3ccccc3)c2)cc1)OC. The van der Waals surface area contributed by atoms with Gasteiger partial charge in [0.2, 0.25) is 0 Å². The molecule has 0 amide bonds. The normalized spacial score (nSPS) is 10.3. The first-order chi connectivity index (χ1) is 13.7. The topological polar surface area (TPSA) is 18.5 Å². The Hall–Kier alpha value is -3.26. The van der Waals surface area contributed by atoms with Crippen LogP contribution < -0.4 is 4.74 Å². The van der Waals surface area contributed by atoms with Crippen molar-refractivity contribution in [3.63, 3.8) is 0 Å². The molecule has 3 aromatic rings. The summed E-state index contributed by atoms with van der Waals surface area (Å²) in [6.07, 6.45) is 1.74. The highest BCUT2D eigenvalue weighted by Crippen LogP contribution is 2.23. The van der Waals surface area contributed by atoms with Crippen LogP contribution in [-0.2, 0) is 17.8 Å². The van der Waals surface area contributed by atoms with Gasteiger partial charge in [0, 0.05) is 6.42 Å². The Morgan fingerprint density at radius 3 is 2.21 bits per heavy atom. The Bertz CT molecular complexity index is 924. The molecule has 0 spiro atoms. The highest BCUT2D eigenvalue weighted by atomic mass is 16.5. The van der Waals surface area contributed by atoms with Crippen molar-refractivity contribution in [1.29, 1.82) is 0 Å². The van der Waals surface area contributed by atoms with E-state index in [0.717, 1.165) is 46.6 Å². The largest absolute Gasteiger partial charge is 0.502 e. The van der Waals surface area contributed by atoms with Crippen LogP contribution in [0, 0.1) is 0 Å². The fourth-order valence-corrected chi connectivity index (χ4v) is 2.96. The summed E-state index contributed by atoms with van der Waals surface area (Å²) in [5, 5.41) is 0. The minimum Gasteiger partial charge on any atom is -0.502 e. The standard InChI is InChI=1S/C26H26O2/c1-20(27-3)12-13-22-14-16-26(17-15-22)28-19-23-8-7-11-25(18-23)21(2)24-9-5-4-6-10-24/h4-11,14-18H,1-2,12-13,19H2,3H3. The van der Waals surface area contributed by atoms with E-state index in [4.69, 9.17) is 9.47 Å². The summed E-state index contributed by atoms with van der Waals surface area (Å²) in [7, 11) is 1.66. The van der Waals surface area contributed by atoms with E-state index in [-0.39, 0.29) is 0 Å². The Kier molecular flexibility index (Phi) is 6.69. The van der Waals surface area contributed by atoms with Gasteiger partial charge in [0.15, 0.2) is 0 Å². The lowest BCUT2D eigenvalue weighted by Crippen LogP contribution is -1.97. The lowest BCUT2D eigenvalue weighted by molar-refractivity contribution is 0.279. The maximum atomic E-state index is 5.96. The van der Waals surface area contributed by atoms with Crippen molar-refractivity contribution in [1.82, 2.24) is 0 Å². The molecule has 2 heteroatoms. The van der Waals surface area contributed by atoms with E-state index < -0.39 is 0 Å². The Morgan fingerprint density at radius 1 is 0.786 bits per heavy atom. The van der Waals surface area contributed by atoms with E-state index in [0.29, 0.717) is 6.61 Å². The van der Waals surface area contributed by atoms with Gasteiger partial charge in [-0.05, 0) is 52.4 Å². The Balaban J connectivity index is 1.59. The van der Waals surface area contributed by atoms with Crippen molar-refractivity contribution < 1.29 is 9.47 Å². The average Bonchev–Trinajstić information content (AvgIpc) is 2.77. The molecule has 0 saturated heterocycles. The van der Waals surface area contributed by atoms with Gasteiger partial charge in [0.1, 0.15) is 12.4 Å². The van der Waals surface area contributed by atoms with Crippen LogP contribution in [0.1, 0.15) is 28.7 Å². The fourth-order valence-electron chi connectivity index (χ4n) is 2.96. The van der Waals surface area contributed by atoms with Gasteiger partial charge in [-0.15, -0.1) is 0 Å². The number of benzene rings is 3. The number of aryl methyl sites for hydroxylation is 1. The van der Waals surface area contributed by atoms with E-state index in [1.165, 1.54) is 5.56 Å². The average molecular weight is 370 g/mol. The van der Waals surface area contributed by atoms with Crippen LogP contribution in [0.2, 0.25) is 0 Å². The number of ether oxygens (including phenoxy) is 2. The molecule has 0 aliphatic rings. The van der Waals surface area contributed by atoms with Crippen LogP contribution in [-0.4, -0.2) is 7.11 Å². The molecule has 0 atom stereocenters. The van der Waals surface area contributed by atoms with Crippen molar-refractivity contribution in [3.8, 4) is 5.75 Å². The van der Waals surface area contributed by atoms with Gasteiger partial charge >= 0.3 is 0 Å². The predicted molar refractivity (Wildman–Crippen MR) is 116 cm³/mol. The second kappa shape index (κ2) is 9.61. The zero-order chi connectivity index (χ0) is 19.8. The minimum atomic E-state index is 0.524. The smallest absolute Gasteiger partial charge is 0.119 e. The van der Waals surface area contributed by atoms with Crippen LogP contribution in [0.4, 0.5) is 0 Å². The summed E-state index contributed by atoms with van der Waals surface area (Å²) >= 11 is 0. The summed E-state index contributed by atoms with van der Waals surface area (Å²) in [5.74, 6) is 1.67. The van der Waals surface area contributed by atoms with Gasteiger partial charge in [0.25, 0.3) is 0 Å². The van der Waals surface area contributed by atoms with Gasteiger partial charge in [-0.3, -0.25) is 0 Å². The van der Waals surface area contributed by atoms with Gasteiger partial charge in [-0.25, -0.2) is 0 Å². The Morgan fingerprint density at radius 2 is 1.50 bits per heavy atom. The molecule has 0 bridgehead atoms. The molecule has 0 unspecified atom stereocenters. The number of rotatable bonds is 9. The van der Waals surface area contributed by atoms with Crippen LogP contribution in [0.5, 0.6) is 5.75 Å². The van der Waals surface area contributed by atoms with Gasteiger partial charge in [-0.1, -0.05) is 73.8 Å². The lowest BCUT2D eigenvalue weighted by Gasteiger charge is -2.11. The first-order valence-corrected chi connectivity index (χ1v) is 9.43. The third-order valence-corrected chi connectivity index (χ3v) is 4.71. The molecule has 28 heavy (non-hydrogen) atoms. The quantitative estimate of drug-likeness (QED) is 0.405. The molecule has 3 rings (SSSR count). The molecule has 0 saturated carbocycles. The van der Waals surface area contributed by atoms with Crippen molar-refractivity contribution in [2.24, 2.45) is 0 Å². The summed E-state index contributed by atoms with van der Waals surface area (Å²) in [4.78, 5) is 0. The highest BCUT2D eigenvalue weighted by molar-refractivity contribution is 5.78. The molecule has 0 N–H and O–H groups in total. The first-order valence-electron chi connectivity index (χ1n) is 9.43. The molecule has 0 fully saturated rings. The van der Waals surface area contributed by atoms with E-state index in [1.54, 1.807) is 7.11 Å². The molecule has 0 aromatic heterocycles. The van der Waals surface area contributed by atoms with Crippen LogP contribution in [0.3, 0.4) is 0 Å². The van der Waals surface area contributed by atoms with E-state index >= 15 is 0 Å². The maximum Gasteiger partial charge on any atom is 0.119 e. The molecule has 0 heterocycles. The number of hydrogen-bond donors (Lipinski definition) is 0. The monoisotopic (exact) mass is 370 g/mol. The highest BCUT2D eigenvalue weighted by Gasteiger charge is 2.04. The number of methoxy groups -OCH3 is 1. The van der Waals surface area contributed by atoms with Crippen molar-refractivity contribution >= 4 is 5.57 Å². The van der Waals surface area contributed by atoms with Crippen LogP contribution in [0.15, 0.2) is 97.8 Å². The zero-order valence-corrected chi connectivity index (χ0v) is 16.4. The number of hydrogen-bond acceptors (Lipinski definition) is 2. The molecule has 0 aliphatic heterocycles. The van der Waals surface area contributed by atoms with Crippen molar-refractivity contribution in [2.75, 3.05) is 7.11 Å². The number of allylic oxidation sites excluding steroid dienone is 1. The van der Waals surface area contributed by atoms with Gasteiger partial charge in [0.05, 0.1) is 12.9 Å². The predicted octanol–water partition coefficient (Wildman–Crippen LogP) is 6.42. The molecular formula is C26H26O2. The molecule has 2 nitrogen and oxygen atoms in total. The van der Waals surface area contributed by atoms with Crippen LogP contribution >= 0.6 is 0 Å². The second-order valence-corrected chi connectivity index (χ2v) is 6.72. The zero-order valence-electron chi connectivity index (χ0n) is 16.4. The van der Waals surface area contributed by atoms with Gasteiger partial charge in [-0.2, -0.15) is 0 Å². The third kappa shape index (κ3) is 5.37. The first kappa shape index (κ1) is 19.5. The third-order valence-electron chi connectivity index (χ3n) is 4.71. The fraction of sp³-hybridized carbons (Fsp3) is 0.154. The molecule has 0 radical (unpaired) electrons. The summed E-state index contributed by atoms with van der Waals surface area (Å²) in [6, 6.07) is 26.8. The summed E-state index contributed by atoms with van der Waals surface area (Å²) < 4.78 is 11.1. The van der Waals surface area contributed by atoms with Crippen molar-refractivity contribution in [3.05, 3.63) is 120 Å². The lowest BCUT2D eigenvalue weighted by atomic mass is 9.98. The molecule has 142 valence electrons. The van der Waals surface area contributed by atoms with E-state index in [9.17, 15) is 0 Å². The summed E-state index contributed by atoms with van der Waals surface area (Å²) in [6.45, 7) is 8.62. The molecular weight excluding hydrogens is 344 g/mol. The van der Waals surface area contributed by atoms with E-state index in [1.807, 2.05) is 36.4 Å². The molecule has 0 aliphatic carbocycles. The maximum absolute atomic E-state index is 5.96. The van der Waals surface area contributed by atoms with E-state index in [2.05, 4.69) is 55.6 Å². The minimum absolute atomic E-state index is 0.524.